The van der Waals surface area contributed by atoms with Crippen molar-refractivity contribution >= 4 is 23.1 Å². The van der Waals surface area contributed by atoms with E-state index < -0.39 is 0 Å². The molecule has 2 amide bonds. The van der Waals surface area contributed by atoms with E-state index in [1.807, 2.05) is 50.4 Å². The maximum atomic E-state index is 12.0. The van der Waals surface area contributed by atoms with E-state index in [1.54, 1.807) is 11.3 Å². The summed E-state index contributed by atoms with van der Waals surface area (Å²) in [6.45, 7) is 6.60. The lowest BCUT2D eigenvalue weighted by Gasteiger charge is -2.23. The number of hydrogen-bond acceptors (Lipinski definition) is 4. The molecule has 0 aliphatic rings. The fourth-order valence-electron chi connectivity index (χ4n) is 2.10. The van der Waals surface area contributed by atoms with Gasteiger partial charge in [-0.2, -0.15) is 0 Å². The first-order chi connectivity index (χ1) is 10.9. The van der Waals surface area contributed by atoms with Gasteiger partial charge in [-0.15, -0.1) is 11.3 Å². The number of aromatic nitrogens is 1. The van der Waals surface area contributed by atoms with Crippen molar-refractivity contribution in [1.29, 1.82) is 0 Å². The maximum absolute atomic E-state index is 12.0. The van der Waals surface area contributed by atoms with Crippen LogP contribution in [0, 0.1) is 12.3 Å². The Morgan fingerprint density at radius 3 is 2.83 bits per heavy atom. The molecule has 0 spiro atoms. The van der Waals surface area contributed by atoms with Gasteiger partial charge in [0.2, 0.25) is 0 Å². The van der Waals surface area contributed by atoms with Crippen LogP contribution in [0.15, 0.2) is 29.6 Å². The van der Waals surface area contributed by atoms with Crippen molar-refractivity contribution in [3.8, 4) is 10.6 Å². The number of nitrogens with zero attached hydrogens (tertiary/aromatic N) is 1. The van der Waals surface area contributed by atoms with Crippen molar-refractivity contribution in [3.05, 3.63) is 35.3 Å². The van der Waals surface area contributed by atoms with Crippen molar-refractivity contribution < 1.29 is 9.90 Å². The molecule has 6 heteroatoms. The molecule has 0 fully saturated rings. The summed E-state index contributed by atoms with van der Waals surface area (Å²) in [6, 6.07) is 7.39. The molecule has 0 bridgehead atoms. The molecule has 0 atom stereocenters. The molecule has 0 unspecified atom stereocenters. The Hall–Kier alpha value is -1.92. The smallest absolute Gasteiger partial charge is 0.319 e. The lowest BCUT2D eigenvalue weighted by Crippen LogP contribution is -2.37. The van der Waals surface area contributed by atoms with Crippen LogP contribution in [0.2, 0.25) is 0 Å². The van der Waals surface area contributed by atoms with Gasteiger partial charge in [-0.1, -0.05) is 26.0 Å². The standard InChI is InChI=1S/C17H23N3O2S/c1-12-10-23-15(19-12)13-5-4-6-14(9-13)20-16(22)18-11-17(2,3)7-8-21/h4-6,9-10,21H,7-8,11H2,1-3H3,(H2,18,20,22). The van der Waals surface area contributed by atoms with E-state index in [-0.39, 0.29) is 18.1 Å². The van der Waals surface area contributed by atoms with E-state index in [2.05, 4.69) is 15.6 Å². The number of rotatable bonds is 6. The Morgan fingerprint density at radius 1 is 1.39 bits per heavy atom. The first-order valence-corrected chi connectivity index (χ1v) is 8.46. The van der Waals surface area contributed by atoms with Gasteiger partial charge in [-0.3, -0.25) is 0 Å². The molecule has 3 N–H and O–H groups in total. The molecule has 1 heterocycles. The molecule has 2 rings (SSSR count). The predicted octanol–water partition coefficient (Wildman–Crippen LogP) is 3.65. The number of amides is 2. The van der Waals surface area contributed by atoms with Gasteiger partial charge >= 0.3 is 6.03 Å². The second-order valence-electron chi connectivity index (χ2n) is 6.32. The summed E-state index contributed by atoms with van der Waals surface area (Å²) < 4.78 is 0. The zero-order chi connectivity index (χ0) is 16.9. The third-order valence-corrected chi connectivity index (χ3v) is 4.51. The van der Waals surface area contributed by atoms with Gasteiger partial charge in [-0.25, -0.2) is 9.78 Å². The van der Waals surface area contributed by atoms with E-state index in [4.69, 9.17) is 5.11 Å². The van der Waals surface area contributed by atoms with Crippen molar-refractivity contribution in [2.75, 3.05) is 18.5 Å². The number of urea groups is 1. The molecule has 23 heavy (non-hydrogen) atoms. The van der Waals surface area contributed by atoms with E-state index in [0.717, 1.165) is 22.0 Å². The first kappa shape index (κ1) is 17.4. The largest absolute Gasteiger partial charge is 0.396 e. The van der Waals surface area contributed by atoms with Crippen LogP contribution < -0.4 is 10.6 Å². The van der Waals surface area contributed by atoms with E-state index in [0.29, 0.717) is 13.0 Å². The van der Waals surface area contributed by atoms with Gasteiger partial charge in [0.1, 0.15) is 5.01 Å². The highest BCUT2D eigenvalue weighted by Gasteiger charge is 2.18. The van der Waals surface area contributed by atoms with Crippen LogP contribution in [0.4, 0.5) is 10.5 Å². The molecule has 0 radical (unpaired) electrons. The molecule has 1 aromatic heterocycles. The SMILES string of the molecule is Cc1csc(-c2cccc(NC(=O)NCC(C)(C)CCO)c2)n1. The Labute approximate surface area is 140 Å². The summed E-state index contributed by atoms with van der Waals surface area (Å²) >= 11 is 1.59. The van der Waals surface area contributed by atoms with E-state index in [1.165, 1.54) is 0 Å². The van der Waals surface area contributed by atoms with Crippen molar-refractivity contribution in [2.45, 2.75) is 27.2 Å². The molecule has 124 valence electrons. The average Bonchev–Trinajstić information content (AvgIpc) is 2.92. The monoisotopic (exact) mass is 333 g/mol. The van der Waals surface area contributed by atoms with Crippen LogP contribution in [-0.2, 0) is 0 Å². The fourth-order valence-corrected chi connectivity index (χ4v) is 2.90. The molecule has 1 aromatic carbocycles. The Balaban J connectivity index is 1.96. The average molecular weight is 333 g/mol. The van der Waals surface area contributed by atoms with Crippen LogP contribution in [0.1, 0.15) is 26.0 Å². The summed E-state index contributed by atoms with van der Waals surface area (Å²) in [5.41, 5.74) is 2.58. The first-order valence-electron chi connectivity index (χ1n) is 7.58. The topological polar surface area (TPSA) is 74.2 Å². The summed E-state index contributed by atoms with van der Waals surface area (Å²) in [7, 11) is 0. The predicted molar refractivity (Wildman–Crippen MR) is 94.8 cm³/mol. The highest BCUT2D eigenvalue weighted by molar-refractivity contribution is 7.13. The van der Waals surface area contributed by atoms with Gasteiger partial charge < -0.3 is 15.7 Å². The van der Waals surface area contributed by atoms with Gasteiger partial charge in [0.05, 0.1) is 0 Å². The lowest BCUT2D eigenvalue weighted by atomic mass is 9.90. The number of anilines is 1. The second-order valence-corrected chi connectivity index (χ2v) is 7.18. The Bertz CT molecular complexity index is 667. The minimum atomic E-state index is -0.247. The van der Waals surface area contributed by atoms with Crippen molar-refractivity contribution in [1.82, 2.24) is 10.3 Å². The highest BCUT2D eigenvalue weighted by atomic mass is 32.1. The Morgan fingerprint density at radius 2 is 2.17 bits per heavy atom. The summed E-state index contributed by atoms with van der Waals surface area (Å²) in [5, 5.41) is 17.6. The number of benzene rings is 1. The molecule has 0 aliphatic heterocycles. The highest BCUT2D eigenvalue weighted by Crippen LogP contribution is 2.25. The lowest BCUT2D eigenvalue weighted by molar-refractivity contribution is 0.204. The number of aryl methyl sites for hydroxylation is 1. The van der Waals surface area contributed by atoms with Crippen LogP contribution in [-0.4, -0.2) is 29.3 Å². The van der Waals surface area contributed by atoms with E-state index >= 15 is 0 Å². The normalized spacial score (nSPS) is 11.3. The van der Waals surface area contributed by atoms with Crippen molar-refractivity contribution in [2.24, 2.45) is 5.41 Å². The van der Waals surface area contributed by atoms with Crippen LogP contribution in [0.5, 0.6) is 0 Å². The number of carbonyl (C=O) groups excluding carboxylic acids is 1. The summed E-state index contributed by atoms with van der Waals surface area (Å²) in [6.07, 6.45) is 0.645. The number of thiazole rings is 1. The van der Waals surface area contributed by atoms with Gasteiger partial charge in [-0.05, 0) is 30.9 Å². The molecule has 0 saturated heterocycles. The second kappa shape index (κ2) is 7.57. The number of carbonyl (C=O) groups is 1. The van der Waals surface area contributed by atoms with Gasteiger partial charge in [0.25, 0.3) is 0 Å². The zero-order valence-electron chi connectivity index (χ0n) is 13.7. The van der Waals surface area contributed by atoms with Gasteiger partial charge in [0, 0.05) is 35.5 Å². The quantitative estimate of drug-likeness (QED) is 0.755. The number of nitrogens with one attached hydrogen (secondary N) is 2. The summed E-state index contributed by atoms with van der Waals surface area (Å²) in [5.74, 6) is 0. The molecule has 0 saturated carbocycles. The Kier molecular flexibility index (Phi) is 5.74. The molecule has 5 nitrogen and oxygen atoms in total. The number of hydrogen-bond donors (Lipinski definition) is 3. The van der Waals surface area contributed by atoms with Crippen molar-refractivity contribution in [3.63, 3.8) is 0 Å². The van der Waals surface area contributed by atoms with Crippen LogP contribution >= 0.6 is 11.3 Å². The third kappa shape index (κ3) is 5.33. The number of aliphatic hydroxyl groups is 1. The minimum absolute atomic E-state index is 0.117. The van der Waals surface area contributed by atoms with Gasteiger partial charge in [0.15, 0.2) is 0 Å². The maximum Gasteiger partial charge on any atom is 0.319 e. The zero-order valence-corrected chi connectivity index (χ0v) is 14.5. The third-order valence-electron chi connectivity index (χ3n) is 3.50. The van der Waals surface area contributed by atoms with Crippen LogP contribution in [0.25, 0.3) is 10.6 Å². The molecular formula is C17H23N3O2S. The molecule has 2 aromatic rings. The summed E-state index contributed by atoms with van der Waals surface area (Å²) in [4.78, 5) is 16.5. The molecular weight excluding hydrogens is 310 g/mol. The minimum Gasteiger partial charge on any atom is -0.396 e. The fraction of sp³-hybridized carbons (Fsp3) is 0.412. The number of aliphatic hydroxyl groups excluding tert-OH is 1. The van der Waals surface area contributed by atoms with Crippen LogP contribution in [0.3, 0.4) is 0 Å². The molecule has 0 aliphatic carbocycles. The van der Waals surface area contributed by atoms with E-state index in [9.17, 15) is 4.79 Å².